The summed E-state index contributed by atoms with van der Waals surface area (Å²) in [6.07, 6.45) is 2.52. The average molecular weight is 388 g/mol. The van der Waals surface area contributed by atoms with Gasteiger partial charge in [0.15, 0.2) is 0 Å². The Morgan fingerprint density at radius 3 is 2.52 bits per heavy atom. The Kier molecular flexibility index (Phi) is 5.97. The van der Waals surface area contributed by atoms with E-state index in [1.54, 1.807) is 6.07 Å². The minimum absolute atomic E-state index is 0.371. The average Bonchev–Trinajstić information content (AvgIpc) is 2.45. The molecule has 1 aliphatic rings. The van der Waals surface area contributed by atoms with E-state index in [2.05, 4.69) is 5.32 Å². The number of halogens is 2. The van der Waals surface area contributed by atoms with E-state index in [-0.39, 0.29) is 0 Å². The lowest BCUT2D eigenvalue weighted by atomic mass is 9.64. The van der Waals surface area contributed by atoms with Crippen LogP contribution in [0.5, 0.6) is 0 Å². The van der Waals surface area contributed by atoms with E-state index in [0.29, 0.717) is 23.0 Å². The first-order valence-electron chi connectivity index (χ1n) is 8.57. The van der Waals surface area contributed by atoms with Gasteiger partial charge in [-0.05, 0) is 71.1 Å². The molecule has 6 heteroatoms. The lowest BCUT2D eigenvalue weighted by Crippen LogP contribution is -2.49. The van der Waals surface area contributed by atoms with Crippen molar-refractivity contribution >= 4 is 29.3 Å². The van der Waals surface area contributed by atoms with Gasteiger partial charge in [-0.3, -0.25) is 0 Å². The van der Waals surface area contributed by atoms with Crippen molar-refractivity contribution in [3.63, 3.8) is 0 Å². The number of amides is 1. The van der Waals surface area contributed by atoms with Gasteiger partial charge in [0, 0.05) is 12.0 Å². The molecule has 1 aliphatic carbocycles. The third-order valence-electron chi connectivity index (χ3n) is 4.59. The monoisotopic (exact) mass is 387 g/mol. The minimum atomic E-state index is -0.792. The van der Waals surface area contributed by atoms with E-state index < -0.39 is 22.7 Å². The third-order valence-corrected chi connectivity index (χ3v) is 5.33. The molecule has 1 amide bonds. The van der Waals surface area contributed by atoms with Gasteiger partial charge in [-0.2, -0.15) is 0 Å². The van der Waals surface area contributed by atoms with Crippen LogP contribution in [0.15, 0.2) is 18.2 Å². The topological polar surface area (TPSA) is 58.6 Å². The van der Waals surface area contributed by atoms with Crippen LogP contribution in [0.4, 0.5) is 4.79 Å². The fourth-order valence-electron chi connectivity index (χ4n) is 3.59. The Bertz CT molecular complexity index is 640. The quantitative estimate of drug-likeness (QED) is 0.759. The molecule has 0 saturated heterocycles. The number of carbonyl (C=O) groups is 1. The molecule has 25 heavy (non-hydrogen) atoms. The van der Waals surface area contributed by atoms with Gasteiger partial charge in [0.25, 0.3) is 0 Å². The molecule has 0 bridgehead atoms. The van der Waals surface area contributed by atoms with Crippen LogP contribution in [0.3, 0.4) is 0 Å². The zero-order chi connectivity index (χ0) is 18.9. The maximum absolute atomic E-state index is 12.1. The molecule has 0 aliphatic heterocycles. The van der Waals surface area contributed by atoms with Crippen molar-refractivity contribution in [3.8, 4) is 0 Å². The van der Waals surface area contributed by atoms with Crippen molar-refractivity contribution in [2.45, 2.75) is 70.0 Å². The molecule has 1 saturated carbocycles. The fourth-order valence-corrected chi connectivity index (χ4v) is 3.89. The van der Waals surface area contributed by atoms with E-state index >= 15 is 0 Å². The van der Waals surface area contributed by atoms with E-state index in [4.69, 9.17) is 27.9 Å². The van der Waals surface area contributed by atoms with Gasteiger partial charge in [0.2, 0.25) is 0 Å². The summed E-state index contributed by atoms with van der Waals surface area (Å²) in [7, 11) is 0. The number of carbonyl (C=O) groups excluding carboxylic acids is 1. The molecule has 2 atom stereocenters. The standard InChI is InChI=1S/C19H27Cl2NO3/c1-17(2,3)25-16(23)22-12-19(9-5-8-18(4,24)11-19)13-6-7-14(20)15(21)10-13/h6-7,10,24H,5,8-9,11-12H2,1-4H3,(H,22,23). The smallest absolute Gasteiger partial charge is 0.407 e. The lowest BCUT2D eigenvalue weighted by molar-refractivity contribution is -0.0115. The van der Waals surface area contributed by atoms with Crippen molar-refractivity contribution in [2.75, 3.05) is 6.54 Å². The van der Waals surface area contributed by atoms with Crippen molar-refractivity contribution in [1.82, 2.24) is 5.32 Å². The normalized spacial score (nSPS) is 27.0. The van der Waals surface area contributed by atoms with Gasteiger partial charge in [-0.15, -0.1) is 0 Å². The highest BCUT2D eigenvalue weighted by molar-refractivity contribution is 6.42. The zero-order valence-corrected chi connectivity index (χ0v) is 16.8. The number of aliphatic hydroxyl groups is 1. The molecule has 2 rings (SSSR count). The first kappa shape index (κ1) is 20.3. The Hall–Kier alpha value is -0.970. The highest BCUT2D eigenvalue weighted by atomic mass is 35.5. The minimum Gasteiger partial charge on any atom is -0.444 e. The molecule has 1 aromatic rings. The number of ether oxygens (including phenoxy) is 1. The number of hydrogen-bond donors (Lipinski definition) is 2. The first-order chi connectivity index (χ1) is 11.4. The van der Waals surface area contributed by atoms with Gasteiger partial charge in [0.1, 0.15) is 5.60 Å². The van der Waals surface area contributed by atoms with Crippen molar-refractivity contribution in [1.29, 1.82) is 0 Å². The molecule has 0 heterocycles. The van der Waals surface area contributed by atoms with Crippen LogP contribution in [-0.2, 0) is 10.2 Å². The second-order valence-electron chi connectivity index (χ2n) is 8.29. The summed E-state index contributed by atoms with van der Waals surface area (Å²) < 4.78 is 5.34. The van der Waals surface area contributed by atoms with Crippen LogP contribution < -0.4 is 5.32 Å². The van der Waals surface area contributed by atoms with Crippen LogP contribution in [0.2, 0.25) is 10.0 Å². The molecule has 2 N–H and O–H groups in total. The predicted octanol–water partition coefficient (Wildman–Crippen LogP) is 5.08. The summed E-state index contributed by atoms with van der Waals surface area (Å²) in [6.45, 7) is 7.69. The maximum Gasteiger partial charge on any atom is 0.407 e. The van der Waals surface area contributed by atoms with E-state index in [0.717, 1.165) is 24.8 Å². The van der Waals surface area contributed by atoms with Crippen molar-refractivity contribution in [3.05, 3.63) is 33.8 Å². The van der Waals surface area contributed by atoms with E-state index in [1.165, 1.54) is 0 Å². The number of alkyl carbamates (subject to hydrolysis) is 1. The highest BCUT2D eigenvalue weighted by Crippen LogP contribution is 2.44. The summed E-state index contributed by atoms with van der Waals surface area (Å²) >= 11 is 12.3. The van der Waals surface area contributed by atoms with E-state index in [9.17, 15) is 9.90 Å². The number of nitrogens with one attached hydrogen (secondary N) is 1. The first-order valence-corrected chi connectivity index (χ1v) is 9.33. The molecule has 140 valence electrons. The van der Waals surface area contributed by atoms with Crippen molar-refractivity contribution < 1.29 is 14.6 Å². The van der Waals surface area contributed by atoms with Gasteiger partial charge in [0.05, 0.1) is 15.6 Å². The van der Waals surface area contributed by atoms with E-state index in [1.807, 2.05) is 39.8 Å². The number of hydrogen-bond acceptors (Lipinski definition) is 3. The summed E-state index contributed by atoms with van der Waals surface area (Å²) in [4.78, 5) is 12.1. The lowest BCUT2D eigenvalue weighted by Gasteiger charge is -2.44. The SMILES string of the molecule is CC1(O)CCCC(CNC(=O)OC(C)(C)C)(c2ccc(Cl)c(Cl)c2)C1. The summed E-state index contributed by atoms with van der Waals surface area (Å²) in [5.41, 5.74) is -0.788. The van der Waals surface area contributed by atoms with Crippen LogP contribution in [0, 0.1) is 0 Å². The van der Waals surface area contributed by atoms with Crippen LogP contribution in [0.1, 0.15) is 58.9 Å². The summed E-state index contributed by atoms with van der Waals surface area (Å²) in [6, 6.07) is 5.52. The summed E-state index contributed by atoms with van der Waals surface area (Å²) in [5.74, 6) is 0. The molecule has 0 radical (unpaired) electrons. The second kappa shape index (κ2) is 7.34. The molecule has 2 unspecified atom stereocenters. The Morgan fingerprint density at radius 1 is 1.28 bits per heavy atom. The van der Waals surface area contributed by atoms with Gasteiger partial charge >= 0.3 is 6.09 Å². The largest absolute Gasteiger partial charge is 0.444 e. The highest BCUT2D eigenvalue weighted by Gasteiger charge is 2.43. The Labute approximate surface area is 159 Å². The zero-order valence-electron chi connectivity index (χ0n) is 15.3. The predicted molar refractivity (Wildman–Crippen MR) is 101 cm³/mol. The number of rotatable bonds is 3. The molecule has 4 nitrogen and oxygen atoms in total. The van der Waals surface area contributed by atoms with Crippen LogP contribution in [-0.4, -0.2) is 28.9 Å². The Balaban J connectivity index is 2.27. The van der Waals surface area contributed by atoms with Gasteiger partial charge < -0.3 is 15.2 Å². The molecular formula is C19H27Cl2NO3. The van der Waals surface area contributed by atoms with Gasteiger partial charge in [-0.1, -0.05) is 29.3 Å². The molecular weight excluding hydrogens is 361 g/mol. The van der Waals surface area contributed by atoms with Crippen molar-refractivity contribution in [2.24, 2.45) is 0 Å². The molecule has 1 fully saturated rings. The van der Waals surface area contributed by atoms with Crippen LogP contribution in [0.25, 0.3) is 0 Å². The Morgan fingerprint density at radius 2 is 1.96 bits per heavy atom. The summed E-state index contributed by atoms with van der Waals surface area (Å²) in [5, 5.41) is 14.5. The molecule has 0 spiro atoms. The maximum atomic E-state index is 12.1. The third kappa shape index (κ3) is 5.50. The fraction of sp³-hybridized carbons (Fsp3) is 0.632. The molecule has 0 aromatic heterocycles. The van der Waals surface area contributed by atoms with Crippen LogP contribution >= 0.6 is 23.2 Å². The number of benzene rings is 1. The molecule has 1 aromatic carbocycles. The van der Waals surface area contributed by atoms with Gasteiger partial charge in [-0.25, -0.2) is 4.79 Å². The second-order valence-corrected chi connectivity index (χ2v) is 9.11.